The standard InChI is InChI=1S/C19H22BrClN2O2/c1-24-17-11-14(15(20)12-18(17)25-2)19(23-9-7-22-8-10-23)13-5-3-4-6-16(13)21/h3-6,11-12,19,22H,7-10H2,1-2H3. The normalized spacial score (nSPS) is 16.5. The van der Waals surface area contributed by atoms with Gasteiger partial charge in [0.25, 0.3) is 0 Å². The van der Waals surface area contributed by atoms with Crippen molar-refractivity contribution < 1.29 is 9.47 Å². The Balaban J connectivity index is 2.13. The fraction of sp³-hybridized carbons (Fsp3) is 0.368. The van der Waals surface area contributed by atoms with Gasteiger partial charge in [-0.1, -0.05) is 45.7 Å². The van der Waals surface area contributed by atoms with Gasteiger partial charge in [0, 0.05) is 35.7 Å². The summed E-state index contributed by atoms with van der Waals surface area (Å²) in [5.41, 5.74) is 2.21. The summed E-state index contributed by atoms with van der Waals surface area (Å²) in [5, 5.41) is 4.18. The van der Waals surface area contributed by atoms with Crippen LogP contribution in [-0.4, -0.2) is 45.3 Å². The summed E-state index contributed by atoms with van der Waals surface area (Å²) in [5.74, 6) is 1.42. The summed E-state index contributed by atoms with van der Waals surface area (Å²) in [4.78, 5) is 2.45. The van der Waals surface area contributed by atoms with E-state index in [4.69, 9.17) is 21.1 Å². The van der Waals surface area contributed by atoms with E-state index in [1.807, 2.05) is 30.3 Å². The van der Waals surface area contributed by atoms with E-state index in [0.717, 1.165) is 46.8 Å². The lowest BCUT2D eigenvalue weighted by molar-refractivity contribution is 0.197. The Hall–Kier alpha value is -1.27. The van der Waals surface area contributed by atoms with Gasteiger partial charge in [-0.2, -0.15) is 0 Å². The lowest BCUT2D eigenvalue weighted by atomic mass is 9.96. The largest absolute Gasteiger partial charge is 0.493 e. The summed E-state index contributed by atoms with van der Waals surface area (Å²) in [6.45, 7) is 3.84. The van der Waals surface area contributed by atoms with E-state index in [2.05, 4.69) is 32.2 Å². The minimum atomic E-state index is 0.0463. The average Bonchev–Trinajstić information content (AvgIpc) is 2.65. The van der Waals surface area contributed by atoms with Crippen molar-refractivity contribution in [3.8, 4) is 11.5 Å². The van der Waals surface area contributed by atoms with Crippen LogP contribution in [0.25, 0.3) is 0 Å². The highest BCUT2D eigenvalue weighted by Crippen LogP contribution is 2.42. The molecule has 0 bridgehead atoms. The van der Waals surface area contributed by atoms with E-state index in [1.165, 1.54) is 0 Å². The fourth-order valence-corrected chi connectivity index (χ4v) is 4.06. The van der Waals surface area contributed by atoms with E-state index in [1.54, 1.807) is 14.2 Å². The minimum Gasteiger partial charge on any atom is -0.493 e. The Morgan fingerprint density at radius 3 is 2.32 bits per heavy atom. The van der Waals surface area contributed by atoms with E-state index in [-0.39, 0.29) is 6.04 Å². The number of rotatable bonds is 5. The maximum Gasteiger partial charge on any atom is 0.161 e. The number of nitrogens with one attached hydrogen (secondary N) is 1. The molecule has 2 aromatic rings. The molecule has 1 atom stereocenters. The molecular weight excluding hydrogens is 404 g/mol. The molecule has 134 valence electrons. The zero-order chi connectivity index (χ0) is 17.8. The molecule has 1 aliphatic rings. The van der Waals surface area contributed by atoms with Crippen LogP contribution in [0.15, 0.2) is 40.9 Å². The molecular formula is C19H22BrClN2O2. The first kappa shape index (κ1) is 18.5. The molecule has 25 heavy (non-hydrogen) atoms. The van der Waals surface area contributed by atoms with Crippen molar-refractivity contribution in [3.05, 3.63) is 57.0 Å². The first-order valence-corrected chi connectivity index (χ1v) is 9.43. The lowest BCUT2D eigenvalue weighted by Gasteiger charge is -2.36. The van der Waals surface area contributed by atoms with Crippen molar-refractivity contribution in [3.63, 3.8) is 0 Å². The maximum atomic E-state index is 6.56. The van der Waals surface area contributed by atoms with Crippen molar-refractivity contribution in [1.29, 1.82) is 0 Å². The van der Waals surface area contributed by atoms with E-state index in [9.17, 15) is 0 Å². The molecule has 0 aromatic heterocycles. The molecule has 1 aliphatic heterocycles. The van der Waals surface area contributed by atoms with Gasteiger partial charge in [-0.3, -0.25) is 4.90 Å². The highest BCUT2D eigenvalue weighted by atomic mass is 79.9. The molecule has 0 amide bonds. The van der Waals surface area contributed by atoms with Crippen LogP contribution in [-0.2, 0) is 0 Å². The average molecular weight is 426 g/mol. The molecule has 1 N–H and O–H groups in total. The third kappa shape index (κ3) is 3.95. The number of benzene rings is 2. The molecule has 0 saturated carbocycles. The second-order valence-corrected chi connectivity index (χ2v) is 7.20. The quantitative estimate of drug-likeness (QED) is 0.781. The van der Waals surface area contributed by atoms with Gasteiger partial charge < -0.3 is 14.8 Å². The van der Waals surface area contributed by atoms with Gasteiger partial charge in [-0.15, -0.1) is 0 Å². The smallest absolute Gasteiger partial charge is 0.161 e. The fourth-order valence-electron chi connectivity index (χ4n) is 3.28. The molecule has 3 rings (SSSR count). The van der Waals surface area contributed by atoms with Gasteiger partial charge in [0.1, 0.15) is 0 Å². The van der Waals surface area contributed by atoms with E-state index >= 15 is 0 Å². The van der Waals surface area contributed by atoms with Crippen LogP contribution in [0.4, 0.5) is 0 Å². The molecule has 1 fully saturated rings. The molecule has 6 heteroatoms. The highest BCUT2D eigenvalue weighted by molar-refractivity contribution is 9.10. The minimum absolute atomic E-state index is 0.0463. The maximum absolute atomic E-state index is 6.56. The Morgan fingerprint density at radius 2 is 1.68 bits per heavy atom. The third-order valence-electron chi connectivity index (χ3n) is 4.51. The molecule has 0 aliphatic carbocycles. The van der Waals surface area contributed by atoms with Crippen molar-refractivity contribution in [1.82, 2.24) is 10.2 Å². The number of methoxy groups -OCH3 is 2. The Morgan fingerprint density at radius 1 is 1.04 bits per heavy atom. The second-order valence-electron chi connectivity index (χ2n) is 5.94. The number of piperazine rings is 1. The van der Waals surface area contributed by atoms with E-state index < -0.39 is 0 Å². The number of hydrogen-bond donors (Lipinski definition) is 1. The van der Waals surface area contributed by atoms with Crippen molar-refractivity contribution in [2.45, 2.75) is 6.04 Å². The predicted molar refractivity (Wildman–Crippen MR) is 105 cm³/mol. The van der Waals surface area contributed by atoms with Crippen molar-refractivity contribution in [2.24, 2.45) is 0 Å². The topological polar surface area (TPSA) is 33.7 Å². The predicted octanol–water partition coefficient (Wildman–Crippen LogP) is 4.11. The third-order valence-corrected chi connectivity index (χ3v) is 5.54. The van der Waals surface area contributed by atoms with E-state index in [0.29, 0.717) is 11.5 Å². The van der Waals surface area contributed by atoms with Crippen LogP contribution >= 0.6 is 27.5 Å². The molecule has 4 nitrogen and oxygen atoms in total. The Bertz CT molecular complexity index is 735. The zero-order valence-corrected chi connectivity index (χ0v) is 16.7. The molecule has 1 heterocycles. The Kier molecular flexibility index (Phi) is 6.23. The summed E-state index contributed by atoms with van der Waals surface area (Å²) >= 11 is 10.3. The van der Waals surface area contributed by atoms with Gasteiger partial charge in [0.2, 0.25) is 0 Å². The SMILES string of the molecule is COc1cc(Br)c(C(c2ccccc2Cl)N2CCNCC2)cc1OC. The number of nitrogens with zero attached hydrogens (tertiary/aromatic N) is 1. The lowest BCUT2D eigenvalue weighted by Crippen LogP contribution is -2.45. The van der Waals surface area contributed by atoms with Crippen LogP contribution in [0.2, 0.25) is 5.02 Å². The summed E-state index contributed by atoms with van der Waals surface area (Å²) in [6.07, 6.45) is 0. The number of halogens is 2. The van der Waals surface area contributed by atoms with Crippen molar-refractivity contribution >= 4 is 27.5 Å². The number of hydrogen-bond acceptors (Lipinski definition) is 4. The van der Waals surface area contributed by atoms with Crippen LogP contribution in [0, 0.1) is 0 Å². The van der Waals surface area contributed by atoms with Crippen LogP contribution in [0.3, 0.4) is 0 Å². The van der Waals surface area contributed by atoms with Gasteiger partial charge in [0.15, 0.2) is 11.5 Å². The summed E-state index contributed by atoms with van der Waals surface area (Å²) in [7, 11) is 3.30. The summed E-state index contributed by atoms with van der Waals surface area (Å²) < 4.78 is 11.9. The monoisotopic (exact) mass is 424 g/mol. The van der Waals surface area contributed by atoms with Crippen LogP contribution < -0.4 is 14.8 Å². The van der Waals surface area contributed by atoms with Gasteiger partial charge >= 0.3 is 0 Å². The number of ether oxygens (including phenoxy) is 2. The van der Waals surface area contributed by atoms with Gasteiger partial charge in [-0.05, 0) is 29.3 Å². The van der Waals surface area contributed by atoms with Crippen LogP contribution in [0.5, 0.6) is 11.5 Å². The first-order chi connectivity index (χ1) is 12.2. The van der Waals surface area contributed by atoms with Crippen molar-refractivity contribution in [2.75, 3.05) is 40.4 Å². The molecule has 1 unspecified atom stereocenters. The zero-order valence-electron chi connectivity index (χ0n) is 14.4. The second kappa shape index (κ2) is 8.41. The molecule has 1 saturated heterocycles. The van der Waals surface area contributed by atoms with Crippen LogP contribution in [0.1, 0.15) is 17.2 Å². The molecule has 0 spiro atoms. The first-order valence-electron chi connectivity index (χ1n) is 8.26. The highest BCUT2D eigenvalue weighted by Gasteiger charge is 2.28. The van der Waals surface area contributed by atoms with Gasteiger partial charge in [0.05, 0.1) is 20.3 Å². The molecule has 2 aromatic carbocycles. The molecule has 0 radical (unpaired) electrons. The van der Waals surface area contributed by atoms with Gasteiger partial charge in [-0.25, -0.2) is 0 Å². The summed E-state index contributed by atoms with van der Waals surface area (Å²) in [6, 6.07) is 12.1. The Labute approximate surface area is 162 Å².